The van der Waals surface area contributed by atoms with E-state index < -0.39 is 12.1 Å². The number of hydrogen-bond donors (Lipinski definition) is 2. The molecule has 0 radical (unpaired) electrons. The van der Waals surface area contributed by atoms with Crippen LogP contribution < -0.4 is 10.3 Å². The molecule has 0 aliphatic heterocycles. The number of alkyl halides is 3. The molecular weight excluding hydrogens is 293 g/mol. The van der Waals surface area contributed by atoms with E-state index in [4.69, 9.17) is 14.7 Å². The average Bonchev–Trinajstić information content (AvgIpc) is 2.93. The van der Waals surface area contributed by atoms with Crippen molar-refractivity contribution in [2.24, 2.45) is 0 Å². The summed E-state index contributed by atoms with van der Waals surface area (Å²) in [6, 6.07) is 5.50. The lowest BCUT2D eigenvalue weighted by Crippen LogP contribution is -2.21. The van der Waals surface area contributed by atoms with Crippen LogP contribution in [0.25, 0.3) is 5.82 Å². The van der Waals surface area contributed by atoms with Crippen molar-refractivity contribution in [2.45, 2.75) is 6.18 Å². The molecule has 0 spiro atoms. The van der Waals surface area contributed by atoms with Crippen LogP contribution in [0.3, 0.4) is 0 Å². The number of carboxylic acids is 1. The molecule has 0 saturated heterocycles. The van der Waals surface area contributed by atoms with Crippen molar-refractivity contribution >= 4 is 5.97 Å². The molecule has 0 amide bonds. The van der Waals surface area contributed by atoms with Crippen LogP contribution in [0.4, 0.5) is 13.2 Å². The molecule has 2 N–H and O–H groups in total. The van der Waals surface area contributed by atoms with Crippen molar-refractivity contribution in [3.8, 4) is 11.6 Å². The monoisotopic (exact) mass is 304 g/mol. The zero-order chi connectivity index (χ0) is 15.9. The minimum Gasteiger partial charge on any atom is -0.475 e. The molecule has 0 fully saturated rings. The predicted octanol–water partition coefficient (Wildman–Crippen LogP) is 1.41. The van der Waals surface area contributed by atoms with Gasteiger partial charge in [0.1, 0.15) is 0 Å². The molecule has 2 aromatic heterocycles. The summed E-state index contributed by atoms with van der Waals surface area (Å²) in [4.78, 5) is 18.1. The van der Waals surface area contributed by atoms with Crippen molar-refractivity contribution in [1.29, 1.82) is 0 Å². The topological polar surface area (TPSA) is 89.3 Å². The Morgan fingerprint density at radius 1 is 1.43 bits per heavy atom. The molecule has 0 aliphatic rings. The van der Waals surface area contributed by atoms with Gasteiger partial charge in [0.05, 0.1) is 6.20 Å². The Labute approximate surface area is 116 Å². The molecule has 0 saturated carbocycles. The molecule has 2 rings (SSSR count). The highest BCUT2D eigenvalue weighted by Gasteiger charge is 2.38. The summed E-state index contributed by atoms with van der Waals surface area (Å²) in [5, 5.41) is 11.2. The summed E-state index contributed by atoms with van der Waals surface area (Å²) >= 11 is 0. The van der Waals surface area contributed by atoms with E-state index in [9.17, 15) is 13.2 Å². The second kappa shape index (κ2) is 7.24. The molecule has 0 atom stereocenters. The van der Waals surface area contributed by atoms with Gasteiger partial charge in [0, 0.05) is 19.4 Å². The van der Waals surface area contributed by atoms with E-state index in [1.807, 2.05) is 24.4 Å². The Hall–Kier alpha value is -2.62. The lowest BCUT2D eigenvalue weighted by molar-refractivity contribution is -0.192. The minimum atomic E-state index is -5.08. The third kappa shape index (κ3) is 5.48. The number of pyridine rings is 1. The number of halogens is 3. The number of nitrogens with one attached hydrogen (secondary N) is 1. The van der Waals surface area contributed by atoms with Crippen LogP contribution in [0, 0.1) is 0 Å². The summed E-state index contributed by atoms with van der Waals surface area (Å²) < 4.78 is 33.4. The van der Waals surface area contributed by atoms with E-state index >= 15 is 0 Å². The highest BCUT2D eigenvalue weighted by Crippen LogP contribution is 2.13. The molecule has 2 heterocycles. The summed E-state index contributed by atoms with van der Waals surface area (Å²) in [6.07, 6.45) is 0.0914. The third-order valence-corrected chi connectivity index (χ3v) is 1.92. The van der Waals surface area contributed by atoms with Gasteiger partial charge in [-0.1, -0.05) is 0 Å². The summed E-state index contributed by atoms with van der Waals surface area (Å²) in [7, 11) is 1.70. The molecular formula is C11H11F3N4O3. The summed E-state index contributed by atoms with van der Waals surface area (Å²) in [5.74, 6) is -1.32. The zero-order valence-corrected chi connectivity index (χ0v) is 10.7. The maximum atomic E-state index is 10.6. The van der Waals surface area contributed by atoms with Crippen LogP contribution in [0.2, 0.25) is 0 Å². The second-order valence-electron chi connectivity index (χ2n) is 3.41. The van der Waals surface area contributed by atoms with Crippen LogP contribution in [0.15, 0.2) is 36.8 Å². The Bertz CT molecular complexity index is 555. The first-order valence-electron chi connectivity index (χ1n) is 5.44. The Morgan fingerprint density at radius 3 is 2.48 bits per heavy atom. The molecule has 0 aliphatic carbocycles. The van der Waals surface area contributed by atoms with Crippen molar-refractivity contribution in [3.63, 3.8) is 0 Å². The van der Waals surface area contributed by atoms with Gasteiger partial charge >= 0.3 is 12.1 Å². The first kappa shape index (κ1) is 16.4. The first-order valence-corrected chi connectivity index (χ1v) is 5.44. The smallest absolute Gasteiger partial charge is 0.475 e. The number of aliphatic carboxylic acids is 1. The lowest BCUT2D eigenvalue weighted by Gasteiger charge is -2.03. The number of carboxylic acid groups (broad SMARTS) is 1. The van der Waals surface area contributed by atoms with E-state index in [1.54, 1.807) is 24.1 Å². The van der Waals surface area contributed by atoms with Crippen molar-refractivity contribution < 1.29 is 27.9 Å². The highest BCUT2D eigenvalue weighted by molar-refractivity contribution is 5.73. The average molecular weight is 304 g/mol. The van der Waals surface area contributed by atoms with Crippen LogP contribution in [0.1, 0.15) is 0 Å². The normalized spacial score (nSPS) is 10.5. The third-order valence-electron chi connectivity index (χ3n) is 1.92. The number of rotatable bonds is 3. The lowest BCUT2D eigenvalue weighted by atomic mass is 10.4. The largest absolute Gasteiger partial charge is 0.490 e. The van der Waals surface area contributed by atoms with E-state index in [0.717, 1.165) is 5.82 Å². The van der Waals surface area contributed by atoms with Gasteiger partial charge in [-0.3, -0.25) is 0 Å². The number of hydrogen-bond acceptors (Lipinski definition) is 5. The van der Waals surface area contributed by atoms with Crippen LogP contribution in [-0.4, -0.2) is 39.1 Å². The Kier molecular flexibility index (Phi) is 5.67. The number of carbonyl (C=O) groups is 1. The maximum Gasteiger partial charge on any atom is 0.490 e. The van der Waals surface area contributed by atoms with Crippen LogP contribution >= 0.6 is 0 Å². The predicted molar refractivity (Wildman–Crippen MR) is 64.7 cm³/mol. The minimum absolute atomic E-state index is 0.670. The zero-order valence-electron chi connectivity index (χ0n) is 10.7. The van der Waals surface area contributed by atoms with Gasteiger partial charge in [-0.05, 0) is 18.2 Å². The van der Waals surface area contributed by atoms with E-state index in [2.05, 4.69) is 15.6 Å². The molecule has 2 aromatic rings. The molecule has 0 bridgehead atoms. The van der Waals surface area contributed by atoms with Crippen molar-refractivity contribution in [1.82, 2.24) is 20.2 Å². The molecule has 10 heteroatoms. The van der Waals surface area contributed by atoms with Gasteiger partial charge in [0.25, 0.3) is 0 Å². The molecule has 0 unspecified atom stereocenters. The fraction of sp³-hybridized carbons (Fsp3) is 0.182. The van der Waals surface area contributed by atoms with Crippen molar-refractivity contribution in [2.75, 3.05) is 7.05 Å². The Morgan fingerprint density at radius 2 is 2.10 bits per heavy atom. The highest BCUT2D eigenvalue weighted by atomic mass is 19.4. The quantitative estimate of drug-likeness (QED) is 0.834. The molecule has 21 heavy (non-hydrogen) atoms. The van der Waals surface area contributed by atoms with E-state index in [1.165, 1.54) is 0 Å². The van der Waals surface area contributed by atoms with Gasteiger partial charge in [-0.15, -0.1) is 0 Å². The van der Waals surface area contributed by atoms with Crippen LogP contribution in [-0.2, 0) is 4.79 Å². The summed E-state index contributed by atoms with van der Waals surface area (Å²) in [6.45, 7) is 0. The van der Waals surface area contributed by atoms with E-state index in [-0.39, 0.29) is 0 Å². The molecule has 114 valence electrons. The van der Waals surface area contributed by atoms with Gasteiger partial charge in [0.15, 0.2) is 11.6 Å². The van der Waals surface area contributed by atoms with Gasteiger partial charge in [0.2, 0.25) is 0 Å². The van der Waals surface area contributed by atoms with Crippen LogP contribution in [0.5, 0.6) is 5.75 Å². The summed E-state index contributed by atoms with van der Waals surface area (Å²) in [5.41, 5.74) is 2.58. The molecule has 0 aromatic carbocycles. The van der Waals surface area contributed by atoms with E-state index in [0.29, 0.717) is 5.75 Å². The van der Waals surface area contributed by atoms with Gasteiger partial charge in [-0.25, -0.2) is 14.5 Å². The second-order valence-corrected chi connectivity index (χ2v) is 3.41. The fourth-order valence-corrected chi connectivity index (χ4v) is 1.09. The number of hydroxylamine groups is 1. The van der Waals surface area contributed by atoms with Crippen molar-refractivity contribution in [3.05, 3.63) is 36.8 Å². The van der Waals surface area contributed by atoms with Gasteiger partial charge in [-0.2, -0.15) is 23.8 Å². The SMILES string of the molecule is CNOc1ccc(-n2cccn2)nc1.O=C(O)C(F)(F)F. The Balaban J connectivity index is 0.000000270. The van der Waals surface area contributed by atoms with Gasteiger partial charge < -0.3 is 9.94 Å². The fourth-order valence-electron chi connectivity index (χ4n) is 1.09. The molecule has 7 nitrogen and oxygen atoms in total. The number of aromatic nitrogens is 3. The maximum absolute atomic E-state index is 10.6. The standard InChI is InChI=1S/C9H10N4O.C2HF3O2/c1-10-14-8-3-4-9(11-7-8)13-6-2-5-12-13;3-2(4,5)1(6)7/h2-7,10H,1H3;(H,6,7). The number of nitrogens with zero attached hydrogens (tertiary/aromatic N) is 3. The first-order chi connectivity index (χ1) is 9.84.